The van der Waals surface area contributed by atoms with Gasteiger partial charge in [-0.3, -0.25) is 0 Å². The molecule has 2 aromatic rings. The largest absolute Gasteiger partial charge is 0.373 e. The summed E-state index contributed by atoms with van der Waals surface area (Å²) in [6.07, 6.45) is 4.19. The van der Waals surface area contributed by atoms with Gasteiger partial charge < -0.3 is 15.0 Å². The molecule has 3 heterocycles. The molecule has 0 amide bonds. The zero-order valence-electron chi connectivity index (χ0n) is 9.84. The lowest BCUT2D eigenvalue weighted by molar-refractivity contribution is 0.0945. The first kappa shape index (κ1) is 11.0. The van der Waals surface area contributed by atoms with Crippen molar-refractivity contribution in [2.75, 3.05) is 5.73 Å². The minimum Gasteiger partial charge on any atom is -0.373 e. The zero-order valence-corrected chi connectivity index (χ0v) is 12.0. The monoisotopic (exact) mass is 355 g/mol. The Balaban J connectivity index is 1.87. The molecule has 2 aliphatic heterocycles. The molecule has 5 heteroatoms. The van der Waals surface area contributed by atoms with Crippen molar-refractivity contribution in [3.63, 3.8) is 0 Å². The van der Waals surface area contributed by atoms with E-state index in [0.29, 0.717) is 24.2 Å². The fourth-order valence-electron chi connectivity index (χ4n) is 3.32. The summed E-state index contributed by atoms with van der Waals surface area (Å²) in [6.45, 7) is 0. The van der Waals surface area contributed by atoms with Crippen LogP contribution in [-0.2, 0) is 4.74 Å². The molecular formula is C13H14IN3O. The van der Waals surface area contributed by atoms with Gasteiger partial charge in [0, 0.05) is 3.57 Å². The highest BCUT2D eigenvalue weighted by molar-refractivity contribution is 14.1. The average Bonchev–Trinajstić information content (AvgIpc) is 3.00. The normalized spacial score (nSPS) is 30.4. The van der Waals surface area contributed by atoms with Crippen LogP contribution in [0.25, 0.3) is 11.0 Å². The van der Waals surface area contributed by atoms with Crippen LogP contribution in [-0.4, -0.2) is 21.8 Å². The Kier molecular flexibility index (Phi) is 2.35. The van der Waals surface area contributed by atoms with Crippen molar-refractivity contribution in [3.05, 3.63) is 21.8 Å². The number of nitrogens with zero attached hydrogens (tertiary/aromatic N) is 2. The molecule has 1 aromatic carbocycles. The SMILES string of the molecule is Nc1nc2cc(I)ccc2n1C1CC2CCC1O2. The summed E-state index contributed by atoms with van der Waals surface area (Å²) in [6, 6.07) is 6.67. The first-order valence-corrected chi connectivity index (χ1v) is 7.38. The summed E-state index contributed by atoms with van der Waals surface area (Å²) in [7, 11) is 0. The van der Waals surface area contributed by atoms with Crippen LogP contribution < -0.4 is 5.73 Å². The lowest BCUT2D eigenvalue weighted by atomic mass is 9.95. The van der Waals surface area contributed by atoms with Crippen LogP contribution in [0.15, 0.2) is 18.2 Å². The Morgan fingerprint density at radius 1 is 1.39 bits per heavy atom. The fourth-order valence-corrected chi connectivity index (χ4v) is 3.80. The Labute approximate surface area is 119 Å². The third-order valence-corrected chi connectivity index (χ3v) is 4.76. The van der Waals surface area contributed by atoms with E-state index in [1.807, 2.05) is 0 Å². The van der Waals surface area contributed by atoms with Crippen LogP contribution in [0, 0.1) is 3.57 Å². The number of nitrogen functional groups attached to an aromatic ring is 1. The molecule has 2 saturated heterocycles. The van der Waals surface area contributed by atoms with Crippen molar-refractivity contribution in [1.82, 2.24) is 9.55 Å². The fraction of sp³-hybridized carbons (Fsp3) is 0.462. The van der Waals surface area contributed by atoms with Gasteiger partial charge in [0.05, 0.1) is 29.3 Å². The highest BCUT2D eigenvalue weighted by Crippen LogP contribution is 2.43. The number of imidazole rings is 1. The van der Waals surface area contributed by atoms with E-state index >= 15 is 0 Å². The summed E-state index contributed by atoms with van der Waals surface area (Å²) in [5.41, 5.74) is 8.23. The number of ether oxygens (including phenoxy) is 1. The molecule has 4 nitrogen and oxygen atoms in total. The molecule has 2 N–H and O–H groups in total. The minimum atomic E-state index is 0.328. The van der Waals surface area contributed by atoms with Crippen molar-refractivity contribution < 1.29 is 4.74 Å². The molecule has 18 heavy (non-hydrogen) atoms. The van der Waals surface area contributed by atoms with Crippen LogP contribution in [0.1, 0.15) is 25.3 Å². The maximum atomic E-state index is 6.11. The van der Waals surface area contributed by atoms with E-state index < -0.39 is 0 Å². The summed E-state index contributed by atoms with van der Waals surface area (Å²) in [5, 5.41) is 0. The molecule has 2 bridgehead atoms. The number of aromatic nitrogens is 2. The summed E-state index contributed by atoms with van der Waals surface area (Å²) in [5.74, 6) is 0.619. The van der Waals surface area contributed by atoms with Crippen LogP contribution in [0.2, 0.25) is 0 Å². The number of anilines is 1. The molecule has 2 fully saturated rings. The van der Waals surface area contributed by atoms with Gasteiger partial charge in [0.1, 0.15) is 0 Å². The zero-order chi connectivity index (χ0) is 12.3. The molecule has 0 aliphatic carbocycles. The number of benzene rings is 1. The van der Waals surface area contributed by atoms with Gasteiger partial charge in [-0.25, -0.2) is 4.98 Å². The summed E-state index contributed by atoms with van der Waals surface area (Å²) in [4.78, 5) is 4.48. The number of rotatable bonds is 1. The molecular weight excluding hydrogens is 341 g/mol. The third-order valence-electron chi connectivity index (χ3n) is 4.08. The standard InChI is InChI=1S/C13H14IN3O/c14-7-1-3-10-9(5-7)16-13(15)17(10)11-6-8-2-4-12(11)18-8/h1,3,5,8,11-12H,2,4,6H2,(H2,15,16). The highest BCUT2D eigenvalue weighted by Gasteiger charge is 2.42. The number of halogens is 1. The Morgan fingerprint density at radius 3 is 3.00 bits per heavy atom. The second-order valence-corrected chi connectivity index (χ2v) is 6.40. The lowest BCUT2D eigenvalue weighted by Crippen LogP contribution is -2.22. The van der Waals surface area contributed by atoms with Gasteiger partial charge in [0.15, 0.2) is 0 Å². The van der Waals surface area contributed by atoms with Crippen molar-refractivity contribution >= 4 is 39.6 Å². The van der Waals surface area contributed by atoms with Crippen LogP contribution in [0.5, 0.6) is 0 Å². The third kappa shape index (κ3) is 1.50. The molecule has 0 spiro atoms. The van der Waals surface area contributed by atoms with E-state index in [1.54, 1.807) is 0 Å². The van der Waals surface area contributed by atoms with Gasteiger partial charge in [0.25, 0.3) is 0 Å². The maximum absolute atomic E-state index is 6.11. The molecule has 1 aromatic heterocycles. The Bertz CT molecular complexity index is 624. The molecule has 3 atom stereocenters. The van der Waals surface area contributed by atoms with Gasteiger partial charge in [-0.05, 0) is 60.1 Å². The minimum absolute atomic E-state index is 0.328. The van der Waals surface area contributed by atoms with Gasteiger partial charge in [-0.1, -0.05) is 0 Å². The van der Waals surface area contributed by atoms with Crippen LogP contribution in [0.3, 0.4) is 0 Å². The number of nitrogens with two attached hydrogens (primary N) is 1. The van der Waals surface area contributed by atoms with Gasteiger partial charge in [0.2, 0.25) is 5.95 Å². The maximum Gasteiger partial charge on any atom is 0.201 e. The molecule has 2 aliphatic rings. The number of hydrogen-bond donors (Lipinski definition) is 1. The summed E-state index contributed by atoms with van der Waals surface area (Å²) >= 11 is 2.30. The van der Waals surface area contributed by atoms with E-state index in [2.05, 4.69) is 50.3 Å². The Morgan fingerprint density at radius 2 is 2.28 bits per heavy atom. The van der Waals surface area contributed by atoms with Crippen molar-refractivity contribution in [2.24, 2.45) is 0 Å². The van der Waals surface area contributed by atoms with Crippen molar-refractivity contribution in [2.45, 2.75) is 37.5 Å². The number of fused-ring (bicyclic) bond motifs is 3. The molecule has 94 valence electrons. The predicted molar refractivity (Wildman–Crippen MR) is 78.4 cm³/mol. The van der Waals surface area contributed by atoms with Gasteiger partial charge in [-0.15, -0.1) is 0 Å². The first-order chi connectivity index (χ1) is 8.72. The van der Waals surface area contributed by atoms with Crippen molar-refractivity contribution in [3.8, 4) is 0 Å². The quantitative estimate of drug-likeness (QED) is 0.801. The second kappa shape index (κ2) is 3.84. The average molecular weight is 355 g/mol. The lowest BCUT2D eigenvalue weighted by Gasteiger charge is -2.21. The van der Waals surface area contributed by atoms with Gasteiger partial charge in [-0.2, -0.15) is 0 Å². The van der Waals surface area contributed by atoms with E-state index in [9.17, 15) is 0 Å². The summed E-state index contributed by atoms with van der Waals surface area (Å²) < 4.78 is 9.30. The molecule has 3 unspecified atom stereocenters. The predicted octanol–water partition coefficient (Wildman–Crippen LogP) is 2.72. The number of hydrogen-bond acceptors (Lipinski definition) is 3. The molecule has 0 saturated carbocycles. The molecule has 4 rings (SSSR count). The second-order valence-electron chi connectivity index (χ2n) is 5.15. The van der Waals surface area contributed by atoms with E-state index in [4.69, 9.17) is 10.5 Å². The first-order valence-electron chi connectivity index (χ1n) is 6.31. The Hall–Kier alpha value is -0.820. The molecule has 0 radical (unpaired) electrons. The van der Waals surface area contributed by atoms with Crippen molar-refractivity contribution in [1.29, 1.82) is 0 Å². The van der Waals surface area contributed by atoms with Gasteiger partial charge >= 0.3 is 0 Å². The smallest absolute Gasteiger partial charge is 0.201 e. The van der Waals surface area contributed by atoms with E-state index in [1.165, 1.54) is 9.99 Å². The van der Waals surface area contributed by atoms with Crippen LogP contribution in [0.4, 0.5) is 5.95 Å². The van der Waals surface area contributed by atoms with E-state index in [0.717, 1.165) is 23.9 Å². The van der Waals surface area contributed by atoms with E-state index in [-0.39, 0.29) is 0 Å². The van der Waals surface area contributed by atoms with Crippen LogP contribution >= 0.6 is 22.6 Å². The topological polar surface area (TPSA) is 53.1 Å². The highest BCUT2D eigenvalue weighted by atomic mass is 127.